The van der Waals surface area contributed by atoms with Gasteiger partial charge < -0.3 is 15.5 Å². The Hall–Kier alpha value is -2.39. The summed E-state index contributed by atoms with van der Waals surface area (Å²) in [5, 5.41) is 14.3. The van der Waals surface area contributed by atoms with E-state index in [1.165, 1.54) is 0 Å². The molecular weight excluding hydrogens is 280 g/mol. The van der Waals surface area contributed by atoms with Gasteiger partial charge in [0.05, 0.1) is 18.2 Å². The molecule has 0 spiro atoms. The van der Waals surface area contributed by atoms with Gasteiger partial charge in [0.25, 0.3) is 11.8 Å². The molecule has 2 amide bonds. The number of rotatable bonds is 7. The summed E-state index contributed by atoms with van der Waals surface area (Å²) in [6.07, 6.45) is 0. The zero-order valence-corrected chi connectivity index (χ0v) is 13.3. The van der Waals surface area contributed by atoms with Crippen LogP contribution in [0.15, 0.2) is 24.3 Å². The average molecular weight is 303 g/mol. The van der Waals surface area contributed by atoms with Gasteiger partial charge in [0.15, 0.2) is 12.6 Å². The molecule has 0 saturated heterocycles. The fourth-order valence-electron chi connectivity index (χ4n) is 2.11. The quantitative estimate of drug-likeness (QED) is 0.659. The predicted molar refractivity (Wildman–Crippen MR) is 84.3 cm³/mol. The van der Waals surface area contributed by atoms with Gasteiger partial charge in [0.1, 0.15) is 0 Å². The molecular formula is C16H23N4O2+. The molecule has 1 rings (SSSR count). The van der Waals surface area contributed by atoms with Gasteiger partial charge in [-0.2, -0.15) is 5.26 Å². The smallest absolute Gasteiger partial charge is 0.282 e. The minimum Gasteiger partial charge on any atom is -0.351 e. The Labute approximate surface area is 131 Å². The highest BCUT2D eigenvalue weighted by Gasteiger charge is 2.25. The van der Waals surface area contributed by atoms with Crippen LogP contribution in [0.25, 0.3) is 0 Å². The lowest BCUT2D eigenvalue weighted by atomic mass is 10.2. The average Bonchev–Trinajstić information content (AvgIpc) is 2.52. The Balaban J connectivity index is 2.65. The Kier molecular flexibility index (Phi) is 7.06. The fourth-order valence-corrected chi connectivity index (χ4v) is 2.11. The van der Waals surface area contributed by atoms with Crippen molar-refractivity contribution in [2.45, 2.75) is 26.8 Å². The van der Waals surface area contributed by atoms with E-state index in [1.807, 2.05) is 19.9 Å². The van der Waals surface area contributed by atoms with Gasteiger partial charge in [0, 0.05) is 12.2 Å². The van der Waals surface area contributed by atoms with Crippen LogP contribution in [-0.2, 0) is 9.59 Å². The maximum absolute atomic E-state index is 12.3. The van der Waals surface area contributed by atoms with Crippen molar-refractivity contribution in [3.63, 3.8) is 0 Å². The van der Waals surface area contributed by atoms with Crippen LogP contribution in [0.4, 0.5) is 5.69 Å². The monoisotopic (exact) mass is 303 g/mol. The third-order valence-corrected chi connectivity index (χ3v) is 3.50. The van der Waals surface area contributed by atoms with E-state index in [0.29, 0.717) is 24.3 Å². The van der Waals surface area contributed by atoms with Gasteiger partial charge in [-0.25, -0.2) is 0 Å². The number of nitrogens with zero attached hydrogens (tertiary/aromatic N) is 1. The van der Waals surface area contributed by atoms with Crippen LogP contribution in [0.3, 0.4) is 0 Å². The molecule has 118 valence electrons. The number of nitrogens with one attached hydrogen (secondary N) is 3. The third kappa shape index (κ3) is 5.19. The Bertz CT molecular complexity index is 548. The summed E-state index contributed by atoms with van der Waals surface area (Å²) in [4.78, 5) is 24.9. The van der Waals surface area contributed by atoms with Gasteiger partial charge in [-0.3, -0.25) is 9.59 Å². The largest absolute Gasteiger partial charge is 0.351 e. The number of nitriles is 1. The maximum atomic E-state index is 12.3. The van der Waals surface area contributed by atoms with Crippen LogP contribution in [-0.4, -0.2) is 37.5 Å². The van der Waals surface area contributed by atoms with E-state index in [1.54, 1.807) is 31.2 Å². The SMILES string of the molecule is CCNC(=O)C[NH+](CC)[C@@H](C)C(=O)Nc1ccc(C#N)cc1. The van der Waals surface area contributed by atoms with E-state index < -0.39 is 0 Å². The second-order valence-electron chi connectivity index (χ2n) is 5.04. The molecule has 3 N–H and O–H groups in total. The number of quaternary nitrogens is 1. The standard InChI is InChI=1S/C16H22N4O2/c1-4-18-15(21)11-20(5-2)12(3)16(22)19-14-8-6-13(10-17)7-9-14/h6-9,12H,4-5,11H2,1-3H3,(H,18,21)(H,19,22)/p+1/t12-/m0/s1. The van der Waals surface area contributed by atoms with Gasteiger partial charge in [-0.05, 0) is 45.0 Å². The number of likely N-dealkylation sites (N-methyl/N-ethyl adjacent to an activating group) is 2. The summed E-state index contributed by atoms with van der Waals surface area (Å²) in [5.41, 5.74) is 1.19. The zero-order valence-electron chi connectivity index (χ0n) is 13.3. The van der Waals surface area contributed by atoms with Crippen LogP contribution < -0.4 is 15.5 Å². The lowest BCUT2D eigenvalue weighted by Gasteiger charge is -2.23. The topological polar surface area (TPSA) is 86.4 Å². The molecule has 0 radical (unpaired) electrons. The van der Waals surface area contributed by atoms with Crippen molar-refractivity contribution >= 4 is 17.5 Å². The molecule has 1 unspecified atom stereocenters. The van der Waals surface area contributed by atoms with Crippen LogP contribution >= 0.6 is 0 Å². The number of amides is 2. The molecule has 0 heterocycles. The van der Waals surface area contributed by atoms with Gasteiger partial charge in [-0.1, -0.05) is 0 Å². The first-order valence-electron chi connectivity index (χ1n) is 7.44. The predicted octanol–water partition coefficient (Wildman–Crippen LogP) is -0.0738. The highest BCUT2D eigenvalue weighted by atomic mass is 16.2. The maximum Gasteiger partial charge on any atom is 0.282 e. The van der Waals surface area contributed by atoms with Gasteiger partial charge in [0.2, 0.25) is 0 Å². The highest BCUT2D eigenvalue weighted by molar-refractivity contribution is 5.93. The van der Waals surface area contributed by atoms with Crippen molar-refractivity contribution in [2.24, 2.45) is 0 Å². The van der Waals surface area contributed by atoms with Crippen molar-refractivity contribution in [3.8, 4) is 6.07 Å². The number of carbonyl (C=O) groups is 2. The molecule has 22 heavy (non-hydrogen) atoms. The van der Waals surface area contributed by atoms with Crippen LogP contribution in [0, 0.1) is 11.3 Å². The number of anilines is 1. The van der Waals surface area contributed by atoms with Crippen molar-refractivity contribution in [3.05, 3.63) is 29.8 Å². The van der Waals surface area contributed by atoms with E-state index in [4.69, 9.17) is 5.26 Å². The second kappa shape index (κ2) is 8.80. The molecule has 0 fully saturated rings. The van der Waals surface area contributed by atoms with Crippen molar-refractivity contribution in [1.82, 2.24) is 5.32 Å². The van der Waals surface area contributed by atoms with Gasteiger partial charge >= 0.3 is 0 Å². The molecule has 6 nitrogen and oxygen atoms in total. The van der Waals surface area contributed by atoms with Gasteiger partial charge in [-0.15, -0.1) is 0 Å². The van der Waals surface area contributed by atoms with E-state index in [0.717, 1.165) is 4.90 Å². The summed E-state index contributed by atoms with van der Waals surface area (Å²) in [7, 11) is 0. The number of hydrogen-bond donors (Lipinski definition) is 3. The Morgan fingerprint density at radius 2 is 1.91 bits per heavy atom. The van der Waals surface area contributed by atoms with E-state index in [-0.39, 0.29) is 24.4 Å². The Morgan fingerprint density at radius 3 is 2.41 bits per heavy atom. The number of hydrogen-bond acceptors (Lipinski definition) is 3. The fraction of sp³-hybridized carbons (Fsp3) is 0.438. The van der Waals surface area contributed by atoms with Crippen LogP contribution in [0.2, 0.25) is 0 Å². The second-order valence-corrected chi connectivity index (χ2v) is 5.04. The lowest BCUT2D eigenvalue weighted by molar-refractivity contribution is -0.904. The van der Waals surface area contributed by atoms with Crippen molar-refractivity contribution in [2.75, 3.05) is 25.0 Å². The number of benzene rings is 1. The van der Waals surface area contributed by atoms with Crippen molar-refractivity contribution < 1.29 is 14.5 Å². The molecule has 0 aliphatic heterocycles. The third-order valence-electron chi connectivity index (χ3n) is 3.50. The number of carbonyl (C=O) groups excluding carboxylic acids is 2. The highest BCUT2D eigenvalue weighted by Crippen LogP contribution is 2.08. The van der Waals surface area contributed by atoms with Crippen LogP contribution in [0.1, 0.15) is 26.3 Å². The Morgan fingerprint density at radius 1 is 1.27 bits per heavy atom. The lowest BCUT2D eigenvalue weighted by Crippen LogP contribution is -3.17. The minimum absolute atomic E-state index is 0.0580. The summed E-state index contributed by atoms with van der Waals surface area (Å²) < 4.78 is 0. The van der Waals surface area contributed by atoms with Crippen molar-refractivity contribution in [1.29, 1.82) is 5.26 Å². The molecule has 0 saturated carbocycles. The summed E-state index contributed by atoms with van der Waals surface area (Å²) in [5.74, 6) is -0.205. The molecule has 2 atom stereocenters. The van der Waals surface area contributed by atoms with E-state index in [2.05, 4.69) is 10.6 Å². The zero-order chi connectivity index (χ0) is 16.5. The summed E-state index contributed by atoms with van der Waals surface area (Å²) in [6.45, 7) is 7.15. The molecule has 6 heteroatoms. The minimum atomic E-state index is -0.344. The summed E-state index contributed by atoms with van der Waals surface area (Å²) >= 11 is 0. The first-order valence-corrected chi connectivity index (χ1v) is 7.44. The normalized spacial score (nSPS) is 12.8. The first-order chi connectivity index (χ1) is 10.5. The molecule has 0 bridgehead atoms. The molecule has 0 aromatic heterocycles. The first kappa shape index (κ1) is 17.7. The molecule has 1 aromatic rings. The van der Waals surface area contributed by atoms with E-state index in [9.17, 15) is 9.59 Å². The summed E-state index contributed by atoms with van der Waals surface area (Å²) in [6, 6.07) is 8.38. The van der Waals surface area contributed by atoms with Crippen LogP contribution in [0.5, 0.6) is 0 Å². The van der Waals surface area contributed by atoms with E-state index >= 15 is 0 Å². The molecule has 0 aliphatic rings. The molecule has 0 aliphatic carbocycles. The molecule has 1 aromatic carbocycles.